The average molecular weight is 574 g/mol. The van der Waals surface area contributed by atoms with Gasteiger partial charge in [-0.05, 0) is 30.4 Å². The number of carbonyl (C=O) groups is 5. The van der Waals surface area contributed by atoms with Crippen molar-refractivity contribution in [2.45, 2.75) is 63.7 Å². The summed E-state index contributed by atoms with van der Waals surface area (Å²) in [4.78, 5) is 69.6. The summed E-state index contributed by atoms with van der Waals surface area (Å²) in [6.07, 6.45) is 1.32. The average Bonchev–Trinajstić information content (AvgIpc) is 3.31. The SMILES string of the molecule is CC(C)C(N)C(=O)NC(Cc1c[nH]c2ccccc12)C(=O)NC(CC(N)=O)C(=O)NC(CCCN=C(N)N)C(=O)O. The highest BCUT2D eigenvalue weighted by atomic mass is 16.4. The zero-order valence-corrected chi connectivity index (χ0v) is 23.1. The van der Waals surface area contributed by atoms with E-state index in [1.807, 2.05) is 24.3 Å². The highest BCUT2D eigenvalue weighted by Gasteiger charge is 2.32. The van der Waals surface area contributed by atoms with Crippen LogP contribution in [-0.4, -0.2) is 76.4 Å². The monoisotopic (exact) mass is 573 g/mol. The van der Waals surface area contributed by atoms with Gasteiger partial charge in [-0.2, -0.15) is 0 Å². The minimum absolute atomic E-state index is 0.0264. The molecule has 0 aliphatic rings. The molecule has 0 bridgehead atoms. The third kappa shape index (κ3) is 10.1. The third-order valence-electron chi connectivity index (χ3n) is 6.35. The van der Waals surface area contributed by atoms with E-state index < -0.39 is 60.2 Å². The number of aliphatic imine (C=N–C) groups is 1. The lowest BCUT2D eigenvalue weighted by Gasteiger charge is -2.25. The fourth-order valence-electron chi connectivity index (χ4n) is 4.02. The van der Waals surface area contributed by atoms with E-state index in [0.717, 1.165) is 10.9 Å². The number of rotatable bonds is 16. The number of fused-ring (bicyclic) bond motifs is 1. The fraction of sp³-hybridized carbons (Fsp3) is 0.462. The van der Waals surface area contributed by atoms with Crippen molar-refractivity contribution in [2.75, 3.05) is 6.54 Å². The molecule has 0 aliphatic heterocycles. The molecule has 2 rings (SSSR count). The number of hydrogen-bond acceptors (Lipinski definition) is 7. The minimum atomic E-state index is -1.51. The van der Waals surface area contributed by atoms with E-state index in [1.54, 1.807) is 20.0 Å². The Kier molecular flexibility index (Phi) is 12.1. The maximum atomic E-state index is 13.5. The molecule has 0 radical (unpaired) electrons. The van der Waals surface area contributed by atoms with E-state index in [-0.39, 0.29) is 37.7 Å². The van der Waals surface area contributed by atoms with Crippen molar-refractivity contribution in [1.82, 2.24) is 20.9 Å². The quantitative estimate of drug-likeness (QED) is 0.0619. The number of para-hydroxylation sites is 1. The number of H-pyrrole nitrogens is 1. The van der Waals surface area contributed by atoms with E-state index in [1.165, 1.54) is 0 Å². The number of nitrogens with one attached hydrogen (secondary N) is 4. The number of guanidine groups is 1. The van der Waals surface area contributed by atoms with Gasteiger partial charge in [-0.15, -0.1) is 0 Å². The Balaban J connectivity index is 2.26. The van der Waals surface area contributed by atoms with Crippen LogP contribution in [0.2, 0.25) is 0 Å². The number of aromatic amines is 1. The molecule has 1 aromatic heterocycles. The van der Waals surface area contributed by atoms with Crippen molar-refractivity contribution in [2.24, 2.45) is 33.8 Å². The summed E-state index contributed by atoms with van der Waals surface area (Å²) in [5.41, 5.74) is 23.3. The highest BCUT2D eigenvalue weighted by molar-refractivity contribution is 5.96. The summed E-state index contributed by atoms with van der Waals surface area (Å²) < 4.78 is 0. The summed E-state index contributed by atoms with van der Waals surface area (Å²) >= 11 is 0. The summed E-state index contributed by atoms with van der Waals surface area (Å²) in [5.74, 6) is -4.94. The normalized spacial score (nSPS) is 14.0. The molecule has 15 heteroatoms. The molecule has 4 atom stereocenters. The molecule has 0 saturated carbocycles. The molecule has 1 aromatic carbocycles. The van der Waals surface area contributed by atoms with Crippen molar-refractivity contribution in [3.8, 4) is 0 Å². The number of carbonyl (C=O) groups excluding carboxylic acids is 4. The number of nitrogens with two attached hydrogens (primary N) is 4. The molecule has 4 unspecified atom stereocenters. The molecule has 1 heterocycles. The number of amides is 4. The number of hydrogen-bond donors (Lipinski definition) is 9. The maximum Gasteiger partial charge on any atom is 0.326 e. The van der Waals surface area contributed by atoms with Crippen LogP contribution >= 0.6 is 0 Å². The first kappa shape index (κ1) is 32.6. The van der Waals surface area contributed by atoms with Gasteiger partial charge >= 0.3 is 5.97 Å². The first-order valence-electron chi connectivity index (χ1n) is 13.1. The second-order valence-corrected chi connectivity index (χ2v) is 9.97. The first-order valence-corrected chi connectivity index (χ1v) is 13.1. The zero-order valence-electron chi connectivity index (χ0n) is 23.1. The van der Waals surface area contributed by atoms with Gasteiger partial charge < -0.3 is 49.0 Å². The van der Waals surface area contributed by atoms with Gasteiger partial charge in [-0.3, -0.25) is 24.2 Å². The minimum Gasteiger partial charge on any atom is -0.480 e. The Morgan fingerprint density at radius 3 is 2.15 bits per heavy atom. The molecule has 13 N–H and O–H groups in total. The number of carboxylic acid groups (broad SMARTS) is 1. The number of primary amides is 1. The van der Waals surface area contributed by atoms with Crippen molar-refractivity contribution in [3.63, 3.8) is 0 Å². The van der Waals surface area contributed by atoms with Crippen LogP contribution in [0.3, 0.4) is 0 Å². The van der Waals surface area contributed by atoms with Gasteiger partial charge in [0.25, 0.3) is 0 Å². The van der Waals surface area contributed by atoms with Crippen LogP contribution in [0.25, 0.3) is 10.9 Å². The summed E-state index contributed by atoms with van der Waals surface area (Å²) in [6.45, 7) is 3.64. The third-order valence-corrected chi connectivity index (χ3v) is 6.35. The predicted octanol–water partition coefficient (Wildman–Crippen LogP) is -1.84. The molecule has 0 saturated heterocycles. The second kappa shape index (κ2) is 15.2. The van der Waals surface area contributed by atoms with Crippen LogP contribution in [0, 0.1) is 5.92 Å². The lowest BCUT2D eigenvalue weighted by molar-refractivity contribution is -0.142. The smallest absolute Gasteiger partial charge is 0.326 e. The summed E-state index contributed by atoms with van der Waals surface area (Å²) in [6, 6.07) is 2.40. The zero-order chi connectivity index (χ0) is 30.7. The standard InChI is InChI=1S/C26H39N9O6/c1-13(2)21(28)24(39)35-18(10-14-12-32-16-7-4-3-6-15(14)16)22(37)34-19(11-20(27)36)23(38)33-17(25(40)41)8-5-9-31-26(29)30/h3-4,6-7,12-13,17-19,21,32H,5,8-11,28H2,1-2H3,(H2,27,36)(H,33,38)(H,34,37)(H,35,39)(H,40,41)(H4,29,30,31). The van der Waals surface area contributed by atoms with E-state index in [0.29, 0.717) is 5.56 Å². The van der Waals surface area contributed by atoms with Crippen molar-refractivity contribution in [1.29, 1.82) is 0 Å². The largest absolute Gasteiger partial charge is 0.480 e. The molecule has 0 fully saturated rings. The molecule has 0 aliphatic carbocycles. The fourth-order valence-corrected chi connectivity index (χ4v) is 4.02. The number of carboxylic acids is 1. The van der Waals surface area contributed by atoms with Crippen LogP contribution in [0.15, 0.2) is 35.5 Å². The van der Waals surface area contributed by atoms with Gasteiger partial charge in [0.1, 0.15) is 18.1 Å². The lowest BCUT2D eigenvalue weighted by atomic mass is 10.0. The van der Waals surface area contributed by atoms with Gasteiger partial charge in [0.2, 0.25) is 23.6 Å². The maximum absolute atomic E-state index is 13.5. The number of aliphatic carboxylic acids is 1. The molecular weight excluding hydrogens is 534 g/mol. The highest BCUT2D eigenvalue weighted by Crippen LogP contribution is 2.19. The molecule has 4 amide bonds. The van der Waals surface area contributed by atoms with Gasteiger partial charge in [0.15, 0.2) is 5.96 Å². The Morgan fingerprint density at radius 2 is 1.54 bits per heavy atom. The molecule has 0 spiro atoms. The Bertz CT molecular complexity index is 1270. The summed E-state index contributed by atoms with van der Waals surface area (Å²) in [7, 11) is 0. The number of nitrogens with zero attached hydrogens (tertiary/aromatic N) is 1. The van der Waals surface area contributed by atoms with E-state index in [9.17, 15) is 29.1 Å². The van der Waals surface area contributed by atoms with Gasteiger partial charge in [-0.1, -0.05) is 32.0 Å². The van der Waals surface area contributed by atoms with Crippen LogP contribution in [0.1, 0.15) is 38.7 Å². The van der Waals surface area contributed by atoms with E-state index in [2.05, 4.69) is 25.9 Å². The van der Waals surface area contributed by atoms with Crippen molar-refractivity contribution in [3.05, 3.63) is 36.0 Å². The van der Waals surface area contributed by atoms with Crippen LogP contribution in [0.5, 0.6) is 0 Å². The molecule has 224 valence electrons. The van der Waals surface area contributed by atoms with E-state index in [4.69, 9.17) is 22.9 Å². The predicted molar refractivity (Wildman–Crippen MR) is 152 cm³/mol. The Labute approximate surface area is 236 Å². The molecule has 15 nitrogen and oxygen atoms in total. The summed E-state index contributed by atoms with van der Waals surface area (Å²) in [5, 5.41) is 17.8. The van der Waals surface area contributed by atoms with Crippen LogP contribution < -0.4 is 38.9 Å². The van der Waals surface area contributed by atoms with Gasteiger partial charge in [0.05, 0.1) is 12.5 Å². The van der Waals surface area contributed by atoms with Crippen LogP contribution in [0.4, 0.5) is 0 Å². The molecule has 2 aromatic rings. The van der Waals surface area contributed by atoms with Gasteiger partial charge in [0, 0.05) is 30.1 Å². The van der Waals surface area contributed by atoms with E-state index >= 15 is 0 Å². The number of benzene rings is 1. The van der Waals surface area contributed by atoms with Crippen LogP contribution in [-0.2, 0) is 30.4 Å². The number of aromatic nitrogens is 1. The molecule has 41 heavy (non-hydrogen) atoms. The second-order valence-electron chi connectivity index (χ2n) is 9.97. The Hall–Kier alpha value is -4.66. The Morgan fingerprint density at radius 1 is 0.927 bits per heavy atom. The molecular formula is C26H39N9O6. The first-order chi connectivity index (χ1) is 19.3. The van der Waals surface area contributed by atoms with Crippen molar-refractivity contribution < 1.29 is 29.1 Å². The topological polar surface area (TPSA) is 274 Å². The lowest BCUT2D eigenvalue weighted by Crippen LogP contribution is -2.58. The van der Waals surface area contributed by atoms with Gasteiger partial charge in [-0.25, -0.2) is 4.79 Å². The van der Waals surface area contributed by atoms with Crippen molar-refractivity contribution >= 4 is 46.5 Å².